The summed E-state index contributed by atoms with van der Waals surface area (Å²) in [6, 6.07) is 15.0. The largest absolute Gasteiger partial charge is 0.352 e. The predicted molar refractivity (Wildman–Crippen MR) is 166 cm³/mol. The van der Waals surface area contributed by atoms with Crippen molar-refractivity contribution in [3.63, 3.8) is 0 Å². The van der Waals surface area contributed by atoms with E-state index in [0.717, 1.165) is 9.87 Å². The molecule has 0 unspecified atom stereocenters. The van der Waals surface area contributed by atoms with E-state index < -0.39 is 28.5 Å². The molecule has 3 aromatic carbocycles. The minimum Gasteiger partial charge on any atom is -0.352 e. The molecule has 0 radical (unpaired) electrons. The van der Waals surface area contributed by atoms with Gasteiger partial charge in [0.05, 0.1) is 10.6 Å². The third kappa shape index (κ3) is 7.95. The van der Waals surface area contributed by atoms with Crippen molar-refractivity contribution in [1.29, 1.82) is 0 Å². The fraction of sp³-hybridized carbons (Fsp3) is 0.333. The van der Waals surface area contributed by atoms with Gasteiger partial charge in [-0.2, -0.15) is 0 Å². The van der Waals surface area contributed by atoms with E-state index in [9.17, 15) is 18.0 Å². The van der Waals surface area contributed by atoms with E-state index in [1.165, 1.54) is 17.0 Å². The molecule has 2 atom stereocenters. The maximum atomic E-state index is 14.1. The maximum Gasteiger partial charge on any atom is 0.264 e. The predicted octanol–water partition coefficient (Wildman–Crippen LogP) is 6.79. The van der Waals surface area contributed by atoms with Gasteiger partial charge in [-0.3, -0.25) is 13.9 Å². The number of aryl methyl sites for hydroxylation is 1. The molecule has 0 heterocycles. The van der Waals surface area contributed by atoms with Gasteiger partial charge in [-0.1, -0.05) is 71.6 Å². The zero-order valence-corrected chi connectivity index (χ0v) is 26.7. The maximum absolute atomic E-state index is 14.1. The summed E-state index contributed by atoms with van der Waals surface area (Å²) >= 11 is 18.9. The third-order valence-corrected chi connectivity index (χ3v) is 9.69. The van der Waals surface area contributed by atoms with Crippen LogP contribution in [0.5, 0.6) is 0 Å². The highest BCUT2D eigenvalue weighted by Gasteiger charge is 2.33. The summed E-state index contributed by atoms with van der Waals surface area (Å²) in [7, 11) is -4.21. The number of hydrogen-bond donors (Lipinski definition) is 1. The highest BCUT2D eigenvalue weighted by molar-refractivity contribution is 7.92. The summed E-state index contributed by atoms with van der Waals surface area (Å²) in [5, 5.41) is 3.99. The molecule has 3 rings (SSSR count). The van der Waals surface area contributed by atoms with Gasteiger partial charge in [-0.05, 0) is 81.6 Å². The summed E-state index contributed by atoms with van der Waals surface area (Å²) in [6.07, 6.45) is 0.700. The normalized spacial score (nSPS) is 12.9. The average Bonchev–Trinajstić information content (AvgIpc) is 2.92. The minimum atomic E-state index is -4.21. The zero-order chi connectivity index (χ0) is 30.5. The topological polar surface area (TPSA) is 86.8 Å². The summed E-state index contributed by atoms with van der Waals surface area (Å²) in [5.41, 5.74) is 2.19. The second-order valence-electron chi connectivity index (χ2n) is 9.96. The Bertz CT molecular complexity index is 1510. The number of carbonyl (C=O) groups excluding carboxylic acids is 2. The molecule has 0 aromatic heterocycles. The van der Waals surface area contributed by atoms with Crippen molar-refractivity contribution >= 4 is 62.3 Å². The van der Waals surface area contributed by atoms with Crippen LogP contribution in [0, 0.1) is 13.8 Å². The number of halogens is 3. The van der Waals surface area contributed by atoms with E-state index in [4.69, 9.17) is 34.8 Å². The van der Waals surface area contributed by atoms with E-state index >= 15 is 0 Å². The molecule has 1 N–H and O–H groups in total. The van der Waals surface area contributed by atoms with Gasteiger partial charge in [-0.15, -0.1) is 0 Å². The van der Waals surface area contributed by atoms with Gasteiger partial charge in [0.15, 0.2) is 0 Å². The Hall–Kier alpha value is -2.78. The Morgan fingerprint density at radius 2 is 1.59 bits per heavy atom. The SMILES string of the molecule is CC[C@@H](C)NC(=O)[C@H](C)N(Cc1ccc(Cl)cc1Cl)C(=O)CN(c1cccc(Cl)c1C)S(=O)(=O)c1ccc(C)cc1. The number of hydrogen-bond acceptors (Lipinski definition) is 4. The molecule has 220 valence electrons. The van der Waals surface area contributed by atoms with Crippen LogP contribution in [-0.4, -0.2) is 43.8 Å². The van der Waals surface area contributed by atoms with Crippen LogP contribution in [0.4, 0.5) is 5.69 Å². The second kappa shape index (κ2) is 13.9. The number of nitrogens with zero attached hydrogens (tertiary/aromatic N) is 2. The van der Waals surface area contributed by atoms with Gasteiger partial charge in [0, 0.05) is 27.7 Å². The molecule has 0 saturated heterocycles. The molecule has 41 heavy (non-hydrogen) atoms. The second-order valence-corrected chi connectivity index (χ2v) is 13.1. The van der Waals surface area contributed by atoms with Crippen molar-refractivity contribution in [2.45, 2.75) is 64.6 Å². The Morgan fingerprint density at radius 1 is 0.927 bits per heavy atom. The Balaban J connectivity index is 2.09. The molecule has 0 aliphatic heterocycles. The summed E-state index contributed by atoms with van der Waals surface area (Å²) in [4.78, 5) is 28.6. The van der Waals surface area contributed by atoms with Crippen LogP contribution in [-0.2, 0) is 26.2 Å². The first-order valence-corrected chi connectivity index (χ1v) is 15.7. The van der Waals surface area contributed by atoms with E-state index in [1.54, 1.807) is 62.4 Å². The Morgan fingerprint density at radius 3 is 2.20 bits per heavy atom. The molecule has 0 fully saturated rings. The molecule has 11 heteroatoms. The summed E-state index contributed by atoms with van der Waals surface area (Å²) in [6.45, 7) is 8.32. The first-order valence-electron chi connectivity index (χ1n) is 13.1. The fourth-order valence-electron chi connectivity index (χ4n) is 4.10. The van der Waals surface area contributed by atoms with Crippen molar-refractivity contribution in [2.75, 3.05) is 10.8 Å². The molecule has 0 aliphatic rings. The molecule has 0 bridgehead atoms. The van der Waals surface area contributed by atoms with E-state index in [-0.39, 0.29) is 29.1 Å². The average molecular weight is 639 g/mol. The number of carbonyl (C=O) groups is 2. The fourth-order valence-corrected chi connectivity index (χ4v) is 6.21. The van der Waals surface area contributed by atoms with Crippen molar-refractivity contribution in [2.24, 2.45) is 0 Å². The van der Waals surface area contributed by atoms with Gasteiger partial charge in [-0.25, -0.2) is 8.42 Å². The van der Waals surface area contributed by atoms with Crippen LogP contribution < -0.4 is 9.62 Å². The van der Waals surface area contributed by atoms with Gasteiger partial charge >= 0.3 is 0 Å². The van der Waals surface area contributed by atoms with E-state index in [2.05, 4.69) is 5.32 Å². The van der Waals surface area contributed by atoms with Gasteiger partial charge in [0.1, 0.15) is 12.6 Å². The molecule has 3 aromatic rings. The molecule has 2 amide bonds. The number of sulfonamides is 1. The van der Waals surface area contributed by atoms with Crippen LogP contribution in [0.1, 0.15) is 43.9 Å². The number of rotatable bonds is 11. The van der Waals surface area contributed by atoms with E-state index in [0.29, 0.717) is 32.6 Å². The lowest BCUT2D eigenvalue weighted by molar-refractivity contribution is -0.139. The number of amides is 2. The molecular formula is C30H34Cl3N3O4S. The Kier molecular flexibility index (Phi) is 11.1. The van der Waals surface area contributed by atoms with Gasteiger partial charge in [0.25, 0.3) is 10.0 Å². The van der Waals surface area contributed by atoms with Crippen molar-refractivity contribution < 1.29 is 18.0 Å². The Labute approximate surface area is 257 Å². The van der Waals surface area contributed by atoms with Crippen LogP contribution in [0.3, 0.4) is 0 Å². The number of anilines is 1. The van der Waals surface area contributed by atoms with Crippen LogP contribution in [0.25, 0.3) is 0 Å². The first-order chi connectivity index (χ1) is 19.3. The standard InChI is InChI=1S/C30H34Cl3N3O4S/c1-6-20(3)34-30(38)22(5)35(17-23-12-13-24(31)16-27(23)33)29(37)18-36(28-9-7-8-26(32)21(28)4)41(39,40)25-14-10-19(2)11-15-25/h7-16,20,22H,6,17-18H2,1-5H3,(H,34,38)/t20-,22+/m1/s1. The lowest BCUT2D eigenvalue weighted by Gasteiger charge is -2.33. The third-order valence-electron chi connectivity index (χ3n) is 6.92. The molecular weight excluding hydrogens is 605 g/mol. The van der Waals surface area contributed by atoms with Crippen LogP contribution in [0.15, 0.2) is 65.6 Å². The minimum absolute atomic E-state index is 0.0186. The highest BCUT2D eigenvalue weighted by atomic mass is 35.5. The number of benzene rings is 3. The van der Waals surface area contributed by atoms with Gasteiger partial charge in [0.2, 0.25) is 11.8 Å². The first kappa shape index (κ1) is 32.7. The molecule has 0 saturated carbocycles. The lowest BCUT2D eigenvalue weighted by Crippen LogP contribution is -2.52. The molecule has 7 nitrogen and oxygen atoms in total. The van der Waals surface area contributed by atoms with Gasteiger partial charge < -0.3 is 10.2 Å². The summed E-state index contributed by atoms with van der Waals surface area (Å²) < 4.78 is 29.0. The van der Waals surface area contributed by atoms with Crippen LogP contribution in [0.2, 0.25) is 15.1 Å². The molecule has 0 spiro atoms. The van der Waals surface area contributed by atoms with Crippen molar-refractivity contribution in [1.82, 2.24) is 10.2 Å². The van der Waals surface area contributed by atoms with Crippen molar-refractivity contribution in [3.05, 3.63) is 92.4 Å². The summed E-state index contributed by atoms with van der Waals surface area (Å²) in [5.74, 6) is -0.970. The zero-order valence-electron chi connectivity index (χ0n) is 23.6. The number of nitrogens with one attached hydrogen (secondary N) is 1. The highest BCUT2D eigenvalue weighted by Crippen LogP contribution is 2.31. The van der Waals surface area contributed by atoms with Crippen LogP contribution >= 0.6 is 34.8 Å². The monoisotopic (exact) mass is 637 g/mol. The quantitative estimate of drug-likeness (QED) is 0.251. The van der Waals surface area contributed by atoms with Crippen molar-refractivity contribution in [3.8, 4) is 0 Å². The van der Waals surface area contributed by atoms with E-state index in [1.807, 2.05) is 20.8 Å². The molecule has 0 aliphatic carbocycles. The lowest BCUT2D eigenvalue weighted by atomic mass is 10.1. The smallest absolute Gasteiger partial charge is 0.264 e.